The van der Waals surface area contributed by atoms with Gasteiger partial charge in [0.1, 0.15) is 5.69 Å². The minimum Gasteiger partial charge on any atom is -0.478 e. The molecule has 3 rings (SSSR count). The number of nitrogens with one attached hydrogen (secondary N) is 1. The number of ketones is 1. The van der Waals surface area contributed by atoms with Crippen LogP contribution >= 0.6 is 0 Å². The number of carbonyl (C=O) groups excluding carboxylic acids is 2. The number of urea groups is 1. The summed E-state index contributed by atoms with van der Waals surface area (Å²) in [5.74, 6) is 0.339. The first-order valence-electron chi connectivity index (χ1n) is 8.03. The number of ether oxygens (including phenoxy) is 2. The molecule has 1 fully saturated rings. The highest BCUT2D eigenvalue weighted by atomic mass is 16.5. The van der Waals surface area contributed by atoms with E-state index in [1.54, 1.807) is 17.0 Å². The number of fused-ring (bicyclic) bond motifs is 1. The third-order valence-corrected chi connectivity index (χ3v) is 4.01. The van der Waals surface area contributed by atoms with E-state index in [0.717, 1.165) is 19.4 Å². The quantitative estimate of drug-likeness (QED) is 0.914. The van der Waals surface area contributed by atoms with Gasteiger partial charge in [-0.3, -0.25) is 9.69 Å². The summed E-state index contributed by atoms with van der Waals surface area (Å²) in [7, 11) is 0. The molecule has 0 aliphatic carbocycles. The van der Waals surface area contributed by atoms with Gasteiger partial charge < -0.3 is 14.8 Å². The minimum absolute atomic E-state index is 0.0651. The van der Waals surface area contributed by atoms with Gasteiger partial charge in [-0.15, -0.1) is 0 Å². The highest BCUT2D eigenvalue weighted by Crippen LogP contribution is 2.28. The van der Waals surface area contributed by atoms with E-state index in [1.807, 2.05) is 6.92 Å². The number of anilines is 1. The Balaban J connectivity index is 1.72. The third kappa shape index (κ3) is 3.44. The van der Waals surface area contributed by atoms with E-state index >= 15 is 0 Å². The van der Waals surface area contributed by atoms with Gasteiger partial charge in [0.2, 0.25) is 5.88 Å². The van der Waals surface area contributed by atoms with Crippen molar-refractivity contribution in [3.8, 4) is 5.88 Å². The van der Waals surface area contributed by atoms with Crippen molar-refractivity contribution in [3.63, 3.8) is 0 Å². The number of nitrogens with zero attached hydrogens (tertiary/aromatic N) is 2. The molecule has 2 aliphatic heterocycles. The van der Waals surface area contributed by atoms with Crippen LogP contribution in [-0.2, 0) is 4.74 Å². The van der Waals surface area contributed by atoms with E-state index < -0.39 is 0 Å². The van der Waals surface area contributed by atoms with Crippen LogP contribution in [0.15, 0.2) is 12.1 Å². The predicted octanol–water partition coefficient (Wildman–Crippen LogP) is 1.76. The lowest BCUT2D eigenvalue weighted by Crippen LogP contribution is -2.46. The van der Waals surface area contributed by atoms with E-state index in [2.05, 4.69) is 10.3 Å². The molecule has 1 aromatic rings. The maximum Gasteiger partial charge on any atom is 0.322 e. The molecule has 1 saturated heterocycles. The number of aromatic nitrogens is 1. The topological polar surface area (TPSA) is 80.8 Å². The first-order valence-corrected chi connectivity index (χ1v) is 8.03. The summed E-state index contributed by atoms with van der Waals surface area (Å²) in [6.07, 6.45) is 2.35. The van der Waals surface area contributed by atoms with Crippen LogP contribution in [0.4, 0.5) is 10.5 Å². The number of rotatable bonds is 4. The molecule has 1 atom stereocenters. The second-order valence-electron chi connectivity index (χ2n) is 5.60. The van der Waals surface area contributed by atoms with Crippen molar-refractivity contribution < 1.29 is 19.1 Å². The van der Waals surface area contributed by atoms with E-state index in [4.69, 9.17) is 9.47 Å². The zero-order valence-electron chi connectivity index (χ0n) is 13.2. The average molecular weight is 319 g/mol. The number of amides is 2. The first kappa shape index (κ1) is 15.7. The lowest BCUT2D eigenvalue weighted by atomic mass is 10.1. The normalized spacial score (nSPS) is 20.3. The minimum atomic E-state index is -0.222. The molecule has 23 heavy (non-hydrogen) atoms. The van der Waals surface area contributed by atoms with Gasteiger partial charge in [0.25, 0.3) is 0 Å². The second-order valence-corrected chi connectivity index (χ2v) is 5.60. The molecule has 1 N–H and O–H groups in total. The molecule has 0 bridgehead atoms. The fourth-order valence-corrected chi connectivity index (χ4v) is 2.85. The Morgan fingerprint density at radius 2 is 2.39 bits per heavy atom. The van der Waals surface area contributed by atoms with Crippen LogP contribution in [0.5, 0.6) is 5.88 Å². The predicted molar refractivity (Wildman–Crippen MR) is 84.1 cm³/mol. The molecule has 7 heteroatoms. The molecular formula is C16H21N3O4. The fourth-order valence-electron chi connectivity index (χ4n) is 2.85. The van der Waals surface area contributed by atoms with Gasteiger partial charge in [0.05, 0.1) is 18.4 Å². The Labute approximate surface area is 135 Å². The number of pyridine rings is 1. The van der Waals surface area contributed by atoms with Crippen LogP contribution in [-0.4, -0.2) is 49.2 Å². The third-order valence-electron chi connectivity index (χ3n) is 4.01. The zero-order valence-corrected chi connectivity index (χ0v) is 13.2. The maximum absolute atomic E-state index is 12.4. The highest BCUT2D eigenvalue weighted by Gasteiger charge is 2.29. The van der Waals surface area contributed by atoms with Gasteiger partial charge in [-0.2, -0.15) is 0 Å². The molecular weight excluding hydrogens is 298 g/mol. The van der Waals surface area contributed by atoms with Crippen molar-refractivity contribution in [3.05, 3.63) is 17.8 Å². The smallest absolute Gasteiger partial charge is 0.322 e. The summed E-state index contributed by atoms with van der Waals surface area (Å²) in [4.78, 5) is 30.3. The van der Waals surface area contributed by atoms with Crippen molar-refractivity contribution in [2.24, 2.45) is 0 Å². The number of hydrogen-bond donors (Lipinski definition) is 1. The van der Waals surface area contributed by atoms with E-state index in [-0.39, 0.29) is 24.3 Å². The lowest BCUT2D eigenvalue weighted by molar-refractivity contribution is 0.0973. The van der Waals surface area contributed by atoms with Crippen molar-refractivity contribution in [1.29, 1.82) is 0 Å². The van der Waals surface area contributed by atoms with E-state index in [9.17, 15) is 9.59 Å². The molecule has 1 unspecified atom stereocenters. The molecule has 0 radical (unpaired) electrons. The molecule has 3 heterocycles. The van der Waals surface area contributed by atoms with Crippen molar-refractivity contribution in [2.45, 2.75) is 32.3 Å². The van der Waals surface area contributed by atoms with E-state index in [0.29, 0.717) is 37.0 Å². The average Bonchev–Trinajstić information content (AvgIpc) is 3.07. The Morgan fingerprint density at radius 3 is 3.13 bits per heavy atom. The molecule has 7 nitrogen and oxygen atoms in total. The van der Waals surface area contributed by atoms with Gasteiger partial charge in [-0.05, 0) is 25.8 Å². The van der Waals surface area contributed by atoms with Crippen LogP contribution in [0.3, 0.4) is 0 Å². The standard InChI is InChI=1S/C16H21N3O4/c1-2-22-14-6-5-12-15(18-14)13(20)7-8-19(12)16(21)17-10-11-4-3-9-23-11/h5-6,11H,2-4,7-10H2,1H3,(H,17,21). The fraction of sp³-hybridized carbons (Fsp3) is 0.562. The number of hydrogen-bond acceptors (Lipinski definition) is 5. The Hall–Kier alpha value is -2.15. The van der Waals surface area contributed by atoms with Crippen LogP contribution in [0.2, 0.25) is 0 Å². The molecule has 0 aromatic carbocycles. The van der Waals surface area contributed by atoms with Gasteiger partial charge in [0.15, 0.2) is 5.78 Å². The van der Waals surface area contributed by atoms with Crippen molar-refractivity contribution >= 4 is 17.5 Å². The van der Waals surface area contributed by atoms with Gasteiger partial charge in [0, 0.05) is 32.2 Å². The Bertz CT molecular complexity index is 599. The number of carbonyl (C=O) groups is 2. The van der Waals surface area contributed by atoms with Crippen molar-refractivity contribution in [2.75, 3.05) is 31.2 Å². The summed E-state index contributed by atoms with van der Waals surface area (Å²) in [6, 6.07) is 3.18. The molecule has 0 spiro atoms. The van der Waals surface area contributed by atoms with Crippen LogP contribution < -0.4 is 15.0 Å². The van der Waals surface area contributed by atoms with E-state index in [1.165, 1.54) is 0 Å². The number of Topliss-reactive ketones (excluding diaryl/α,β-unsaturated/α-hetero) is 1. The molecule has 0 saturated carbocycles. The monoisotopic (exact) mass is 319 g/mol. The molecule has 2 amide bonds. The summed E-state index contributed by atoms with van der Waals surface area (Å²) >= 11 is 0. The molecule has 124 valence electrons. The van der Waals surface area contributed by atoms with Crippen LogP contribution in [0.1, 0.15) is 36.7 Å². The van der Waals surface area contributed by atoms with Gasteiger partial charge >= 0.3 is 6.03 Å². The van der Waals surface area contributed by atoms with Crippen molar-refractivity contribution in [1.82, 2.24) is 10.3 Å². The maximum atomic E-state index is 12.4. The highest BCUT2D eigenvalue weighted by molar-refractivity contribution is 6.07. The van der Waals surface area contributed by atoms with Gasteiger partial charge in [-0.25, -0.2) is 9.78 Å². The summed E-state index contributed by atoms with van der Waals surface area (Å²) in [5.41, 5.74) is 0.837. The van der Waals surface area contributed by atoms with Crippen LogP contribution in [0.25, 0.3) is 0 Å². The molecule has 2 aliphatic rings. The van der Waals surface area contributed by atoms with Crippen LogP contribution in [0, 0.1) is 0 Å². The second kappa shape index (κ2) is 6.95. The summed E-state index contributed by atoms with van der Waals surface area (Å²) in [6.45, 7) is 3.94. The zero-order chi connectivity index (χ0) is 16.2. The largest absolute Gasteiger partial charge is 0.478 e. The summed E-state index contributed by atoms with van der Waals surface area (Å²) < 4.78 is 10.8. The Morgan fingerprint density at radius 1 is 1.52 bits per heavy atom. The SMILES string of the molecule is CCOc1ccc2c(n1)C(=O)CCN2C(=O)NCC1CCCO1. The van der Waals surface area contributed by atoms with Gasteiger partial charge in [-0.1, -0.05) is 0 Å². The summed E-state index contributed by atoms with van der Waals surface area (Å²) in [5, 5.41) is 2.88. The molecule has 1 aromatic heterocycles. The Kier molecular flexibility index (Phi) is 4.76. The first-order chi connectivity index (χ1) is 11.2. The lowest BCUT2D eigenvalue weighted by Gasteiger charge is -2.28.